The van der Waals surface area contributed by atoms with E-state index in [1.54, 1.807) is 6.07 Å². The van der Waals surface area contributed by atoms with Gasteiger partial charge in [0.25, 0.3) is 5.91 Å². The van der Waals surface area contributed by atoms with Crippen LogP contribution < -0.4 is 5.32 Å². The van der Waals surface area contributed by atoms with Crippen molar-refractivity contribution in [1.29, 1.82) is 0 Å². The van der Waals surface area contributed by atoms with Crippen LogP contribution in [0.4, 0.5) is 5.69 Å². The summed E-state index contributed by atoms with van der Waals surface area (Å²) in [4.78, 5) is 12.4. The number of hydrogen-bond acceptors (Lipinski definition) is 3. The van der Waals surface area contributed by atoms with Crippen LogP contribution in [-0.2, 0) is 0 Å². The number of carbonyl (C=O) groups excluding carboxylic acids is 1. The molecule has 1 N–H and O–H groups in total. The number of nitrogens with one attached hydrogen (secondary N) is 1. The summed E-state index contributed by atoms with van der Waals surface area (Å²) in [7, 11) is 0. The Balaban J connectivity index is 2.15. The fourth-order valence-corrected chi connectivity index (χ4v) is 2.87. The molecule has 1 heterocycles. The summed E-state index contributed by atoms with van der Waals surface area (Å²) < 4.78 is 1.50. The molecule has 1 aromatic heterocycles. The van der Waals surface area contributed by atoms with Crippen LogP contribution >= 0.6 is 11.6 Å². The topological polar surface area (TPSA) is 46.9 Å². The summed E-state index contributed by atoms with van der Waals surface area (Å²) >= 11 is 6.08. The van der Waals surface area contributed by atoms with Crippen LogP contribution in [0.3, 0.4) is 0 Å². The van der Waals surface area contributed by atoms with Crippen molar-refractivity contribution in [3.63, 3.8) is 0 Å². The van der Waals surface area contributed by atoms with E-state index < -0.39 is 0 Å². The lowest BCUT2D eigenvalue weighted by molar-refractivity contribution is 0.0910. The highest BCUT2D eigenvalue weighted by Gasteiger charge is 2.19. The molecule has 1 atom stereocenters. The van der Waals surface area contributed by atoms with E-state index in [0.717, 1.165) is 23.5 Å². The fraction of sp³-hybridized carbons (Fsp3) is 0.412. The van der Waals surface area contributed by atoms with Crippen molar-refractivity contribution in [2.24, 2.45) is 0 Å². The first kappa shape index (κ1) is 16.6. The van der Waals surface area contributed by atoms with Crippen molar-refractivity contribution in [3.8, 4) is 0 Å². The molecule has 2 aromatic rings. The summed E-state index contributed by atoms with van der Waals surface area (Å²) in [5.41, 5.74) is 3.78. The SMILES string of the molecule is CCC(C)c1c(C)nn(C(=O)CNc2ccccc2Cl)c1C. The minimum atomic E-state index is -0.0879. The minimum Gasteiger partial charge on any atom is -0.375 e. The quantitative estimate of drug-likeness (QED) is 0.887. The highest BCUT2D eigenvalue weighted by molar-refractivity contribution is 6.33. The molecule has 0 aliphatic carbocycles. The third kappa shape index (κ3) is 3.33. The van der Waals surface area contributed by atoms with Crippen molar-refractivity contribution >= 4 is 23.2 Å². The highest BCUT2D eigenvalue weighted by atomic mass is 35.5. The van der Waals surface area contributed by atoms with Crippen molar-refractivity contribution in [2.45, 2.75) is 40.0 Å². The minimum absolute atomic E-state index is 0.0879. The summed E-state index contributed by atoms with van der Waals surface area (Å²) in [6.45, 7) is 8.37. The average molecular weight is 320 g/mol. The molecule has 22 heavy (non-hydrogen) atoms. The van der Waals surface area contributed by atoms with E-state index in [1.807, 2.05) is 32.0 Å². The molecule has 0 saturated heterocycles. The van der Waals surface area contributed by atoms with Crippen molar-refractivity contribution in [1.82, 2.24) is 9.78 Å². The molecule has 5 heteroatoms. The Morgan fingerprint density at radius 1 is 1.36 bits per heavy atom. The molecule has 0 spiro atoms. The maximum atomic E-state index is 12.4. The highest BCUT2D eigenvalue weighted by Crippen LogP contribution is 2.25. The van der Waals surface area contributed by atoms with Gasteiger partial charge < -0.3 is 5.32 Å². The number of nitrogens with zero attached hydrogens (tertiary/aromatic N) is 2. The number of rotatable bonds is 5. The number of halogens is 1. The Bertz CT molecular complexity index is 679. The van der Waals surface area contributed by atoms with E-state index in [0.29, 0.717) is 10.9 Å². The third-order valence-corrected chi connectivity index (χ3v) is 4.32. The Morgan fingerprint density at radius 3 is 2.68 bits per heavy atom. The van der Waals surface area contributed by atoms with E-state index in [1.165, 1.54) is 10.2 Å². The molecule has 2 rings (SSSR count). The van der Waals surface area contributed by atoms with Gasteiger partial charge in [-0.1, -0.05) is 37.6 Å². The number of benzene rings is 1. The first-order chi connectivity index (χ1) is 10.5. The van der Waals surface area contributed by atoms with E-state index in [9.17, 15) is 4.79 Å². The zero-order valence-corrected chi connectivity index (χ0v) is 14.2. The second kappa shape index (κ2) is 6.97. The lowest BCUT2D eigenvalue weighted by atomic mass is 9.97. The molecular weight excluding hydrogens is 298 g/mol. The second-order valence-corrected chi connectivity index (χ2v) is 5.94. The zero-order valence-electron chi connectivity index (χ0n) is 13.5. The number of anilines is 1. The molecule has 0 saturated carbocycles. The third-order valence-electron chi connectivity index (χ3n) is 3.99. The van der Waals surface area contributed by atoms with E-state index in [2.05, 4.69) is 24.3 Å². The first-order valence-corrected chi connectivity index (χ1v) is 7.91. The maximum absolute atomic E-state index is 12.4. The van der Waals surface area contributed by atoms with Gasteiger partial charge in [0.15, 0.2) is 0 Å². The molecule has 1 unspecified atom stereocenters. The molecule has 0 aliphatic heterocycles. The van der Waals surface area contributed by atoms with Gasteiger partial charge in [-0.2, -0.15) is 5.10 Å². The number of aromatic nitrogens is 2. The predicted molar refractivity (Wildman–Crippen MR) is 91.0 cm³/mol. The van der Waals surface area contributed by atoms with Crippen LogP contribution in [0.1, 0.15) is 47.9 Å². The van der Waals surface area contributed by atoms with E-state index in [4.69, 9.17) is 11.6 Å². The molecule has 0 radical (unpaired) electrons. The number of para-hydroxylation sites is 1. The Labute approximate surface area is 136 Å². The van der Waals surface area contributed by atoms with Crippen LogP contribution in [-0.4, -0.2) is 22.2 Å². The van der Waals surface area contributed by atoms with Gasteiger partial charge in [-0.3, -0.25) is 4.79 Å². The molecule has 4 nitrogen and oxygen atoms in total. The fourth-order valence-electron chi connectivity index (χ4n) is 2.67. The number of aryl methyl sites for hydroxylation is 1. The first-order valence-electron chi connectivity index (χ1n) is 7.53. The second-order valence-electron chi connectivity index (χ2n) is 5.53. The van der Waals surface area contributed by atoms with Crippen LogP contribution in [0.2, 0.25) is 5.02 Å². The molecule has 0 amide bonds. The number of carbonyl (C=O) groups is 1. The van der Waals surface area contributed by atoms with Crippen LogP contribution in [0.25, 0.3) is 0 Å². The molecule has 0 fully saturated rings. The standard InChI is InChI=1S/C17H22ClN3O/c1-5-11(2)17-12(3)20-21(13(17)4)16(22)10-19-15-9-7-6-8-14(15)18/h6-9,11,19H,5,10H2,1-4H3. The largest absolute Gasteiger partial charge is 0.375 e. The van der Waals surface area contributed by atoms with Gasteiger partial charge in [0, 0.05) is 5.69 Å². The summed E-state index contributed by atoms with van der Waals surface area (Å²) in [6.07, 6.45) is 1.03. The van der Waals surface area contributed by atoms with Gasteiger partial charge in [-0.05, 0) is 43.9 Å². The predicted octanol–water partition coefficient (Wildman–Crippen LogP) is 4.42. The normalized spacial score (nSPS) is 12.2. The average Bonchev–Trinajstić information content (AvgIpc) is 2.80. The van der Waals surface area contributed by atoms with Crippen LogP contribution in [0, 0.1) is 13.8 Å². The van der Waals surface area contributed by atoms with Crippen LogP contribution in [0.15, 0.2) is 24.3 Å². The van der Waals surface area contributed by atoms with Gasteiger partial charge in [-0.25, -0.2) is 4.68 Å². The zero-order chi connectivity index (χ0) is 16.3. The van der Waals surface area contributed by atoms with Crippen molar-refractivity contribution in [3.05, 3.63) is 46.2 Å². The monoisotopic (exact) mass is 319 g/mol. The Morgan fingerprint density at radius 2 is 2.05 bits per heavy atom. The van der Waals surface area contributed by atoms with Gasteiger partial charge in [0.05, 0.1) is 22.9 Å². The van der Waals surface area contributed by atoms with Crippen LogP contribution in [0.5, 0.6) is 0 Å². The van der Waals surface area contributed by atoms with Crippen molar-refractivity contribution < 1.29 is 4.79 Å². The van der Waals surface area contributed by atoms with E-state index >= 15 is 0 Å². The lowest BCUT2D eigenvalue weighted by Crippen LogP contribution is -2.23. The smallest absolute Gasteiger partial charge is 0.266 e. The molecular formula is C17H22ClN3O. The Hall–Kier alpha value is -1.81. The summed E-state index contributed by atoms with van der Waals surface area (Å²) in [6, 6.07) is 7.37. The molecule has 0 bridgehead atoms. The van der Waals surface area contributed by atoms with Gasteiger partial charge in [0.2, 0.25) is 0 Å². The Kier molecular flexibility index (Phi) is 5.24. The molecule has 118 valence electrons. The number of hydrogen-bond donors (Lipinski definition) is 1. The van der Waals surface area contributed by atoms with E-state index in [-0.39, 0.29) is 12.5 Å². The van der Waals surface area contributed by atoms with Crippen molar-refractivity contribution in [2.75, 3.05) is 11.9 Å². The summed E-state index contributed by atoms with van der Waals surface area (Å²) in [5, 5.41) is 8.08. The maximum Gasteiger partial charge on any atom is 0.266 e. The molecule has 1 aromatic carbocycles. The van der Waals surface area contributed by atoms with Gasteiger partial charge >= 0.3 is 0 Å². The van der Waals surface area contributed by atoms with Gasteiger partial charge in [-0.15, -0.1) is 0 Å². The van der Waals surface area contributed by atoms with Gasteiger partial charge in [0.1, 0.15) is 0 Å². The molecule has 0 aliphatic rings. The summed E-state index contributed by atoms with van der Waals surface area (Å²) in [5.74, 6) is 0.313. The lowest BCUT2D eigenvalue weighted by Gasteiger charge is -2.10.